The molecule has 3 heteroatoms. The van der Waals surface area contributed by atoms with Gasteiger partial charge < -0.3 is 9.30 Å². The summed E-state index contributed by atoms with van der Waals surface area (Å²) in [4.78, 5) is 2.38. The van der Waals surface area contributed by atoms with Crippen molar-refractivity contribution in [2.24, 2.45) is 0 Å². The molecular formula is C48H30N2S. The summed E-state index contributed by atoms with van der Waals surface area (Å²) in [7, 11) is 0. The first-order chi connectivity index (χ1) is 25.3. The van der Waals surface area contributed by atoms with Gasteiger partial charge in [0.1, 0.15) is 0 Å². The minimum Gasteiger partial charge on any atom is -0.310 e. The van der Waals surface area contributed by atoms with Gasteiger partial charge in [0.05, 0.1) is 16.6 Å². The van der Waals surface area contributed by atoms with Crippen molar-refractivity contribution in [3.8, 4) is 22.3 Å². The number of para-hydroxylation sites is 2. The molecule has 0 amide bonds. The monoisotopic (exact) mass is 666 g/mol. The summed E-state index contributed by atoms with van der Waals surface area (Å²) in [6, 6.07) is 66.6. The zero-order valence-electron chi connectivity index (χ0n) is 27.6. The molecule has 3 aromatic heterocycles. The molecule has 0 aliphatic heterocycles. The SMILES string of the molecule is c1ccc(-c2ccc(N(c3ccc(-c4ccc5c6cccc7c8ccccc8n(c5c4)c76)cc3)c3ccc4c(c3)sc3ccccc34)cc2)cc1. The van der Waals surface area contributed by atoms with Gasteiger partial charge in [-0.05, 0) is 76.9 Å². The van der Waals surface area contributed by atoms with E-state index in [1.807, 2.05) is 11.3 Å². The predicted octanol–water partition coefficient (Wildman–Crippen LogP) is 14.0. The molecule has 0 atom stereocenters. The molecule has 0 aliphatic carbocycles. The number of fused-ring (bicyclic) bond motifs is 9. The van der Waals surface area contributed by atoms with E-state index in [1.54, 1.807) is 0 Å². The second-order valence-electron chi connectivity index (χ2n) is 13.4. The van der Waals surface area contributed by atoms with Crippen molar-refractivity contribution in [2.75, 3.05) is 4.90 Å². The van der Waals surface area contributed by atoms with E-state index in [2.05, 4.69) is 191 Å². The van der Waals surface area contributed by atoms with Gasteiger partial charge in [0.15, 0.2) is 0 Å². The summed E-state index contributed by atoms with van der Waals surface area (Å²) in [6.07, 6.45) is 0. The summed E-state index contributed by atoms with van der Waals surface area (Å²) in [5, 5.41) is 7.85. The maximum atomic E-state index is 2.46. The van der Waals surface area contributed by atoms with Crippen molar-refractivity contribution in [2.45, 2.75) is 0 Å². The molecule has 2 nitrogen and oxygen atoms in total. The summed E-state index contributed by atoms with van der Waals surface area (Å²) in [5.74, 6) is 0. The highest BCUT2D eigenvalue weighted by atomic mass is 32.1. The summed E-state index contributed by atoms with van der Waals surface area (Å²) < 4.78 is 5.07. The van der Waals surface area contributed by atoms with Crippen LogP contribution < -0.4 is 4.90 Å². The number of hydrogen-bond donors (Lipinski definition) is 0. The number of rotatable bonds is 5. The first-order valence-corrected chi connectivity index (χ1v) is 18.2. The lowest BCUT2D eigenvalue weighted by atomic mass is 10.0. The molecule has 0 saturated heterocycles. The van der Waals surface area contributed by atoms with Gasteiger partial charge in [0, 0.05) is 58.8 Å². The Labute approximate surface area is 299 Å². The first kappa shape index (κ1) is 28.4. The zero-order valence-corrected chi connectivity index (χ0v) is 28.4. The molecule has 0 saturated carbocycles. The van der Waals surface area contributed by atoms with Crippen LogP contribution in [-0.2, 0) is 0 Å². The Balaban J connectivity index is 1.03. The average molecular weight is 667 g/mol. The van der Waals surface area contributed by atoms with E-state index < -0.39 is 0 Å². The molecule has 8 aromatic carbocycles. The number of nitrogens with zero attached hydrogens (tertiary/aromatic N) is 2. The Morgan fingerprint density at radius 2 is 0.863 bits per heavy atom. The quantitative estimate of drug-likeness (QED) is 0.177. The van der Waals surface area contributed by atoms with E-state index in [9.17, 15) is 0 Å². The third kappa shape index (κ3) is 4.35. The van der Waals surface area contributed by atoms with Gasteiger partial charge in [0.2, 0.25) is 0 Å². The molecule has 11 aromatic rings. The normalized spacial score (nSPS) is 11.9. The molecule has 0 N–H and O–H groups in total. The van der Waals surface area contributed by atoms with E-state index in [4.69, 9.17) is 0 Å². The van der Waals surface area contributed by atoms with E-state index in [0.717, 1.165) is 17.1 Å². The van der Waals surface area contributed by atoms with Gasteiger partial charge in [-0.2, -0.15) is 0 Å². The lowest BCUT2D eigenvalue weighted by Gasteiger charge is -2.26. The molecule has 0 radical (unpaired) electrons. The zero-order chi connectivity index (χ0) is 33.5. The summed E-state index contributed by atoms with van der Waals surface area (Å²) >= 11 is 1.86. The van der Waals surface area contributed by atoms with Gasteiger partial charge >= 0.3 is 0 Å². The predicted molar refractivity (Wildman–Crippen MR) is 220 cm³/mol. The van der Waals surface area contributed by atoms with Gasteiger partial charge in [-0.1, -0.05) is 127 Å². The van der Waals surface area contributed by atoms with Crippen LogP contribution in [-0.4, -0.2) is 4.40 Å². The van der Waals surface area contributed by atoms with Crippen molar-refractivity contribution in [3.05, 3.63) is 182 Å². The number of benzene rings is 8. The van der Waals surface area contributed by atoms with Crippen LogP contribution in [0.25, 0.3) is 80.5 Å². The van der Waals surface area contributed by atoms with Crippen LogP contribution in [0.1, 0.15) is 0 Å². The lowest BCUT2D eigenvalue weighted by molar-refractivity contribution is 1.29. The smallest absolute Gasteiger partial charge is 0.0620 e. The molecule has 11 rings (SSSR count). The lowest BCUT2D eigenvalue weighted by Crippen LogP contribution is -2.09. The highest BCUT2D eigenvalue weighted by molar-refractivity contribution is 7.25. The fourth-order valence-electron chi connectivity index (χ4n) is 8.15. The molecule has 0 bridgehead atoms. The van der Waals surface area contributed by atoms with Crippen LogP contribution in [0.15, 0.2) is 182 Å². The number of aromatic nitrogens is 1. The minimum atomic E-state index is 1.12. The van der Waals surface area contributed by atoms with E-state index in [1.165, 1.54) is 80.5 Å². The van der Waals surface area contributed by atoms with Crippen molar-refractivity contribution < 1.29 is 0 Å². The average Bonchev–Trinajstić information content (AvgIpc) is 3.86. The Hall–Kier alpha value is -6.42. The highest BCUT2D eigenvalue weighted by Crippen LogP contribution is 2.43. The molecule has 3 heterocycles. The summed E-state index contributed by atoms with van der Waals surface area (Å²) in [6.45, 7) is 0. The molecule has 238 valence electrons. The van der Waals surface area contributed by atoms with Crippen LogP contribution >= 0.6 is 11.3 Å². The second kappa shape index (κ2) is 11.0. The van der Waals surface area contributed by atoms with Gasteiger partial charge in [-0.25, -0.2) is 0 Å². The molecule has 0 fully saturated rings. The largest absolute Gasteiger partial charge is 0.310 e. The van der Waals surface area contributed by atoms with Crippen molar-refractivity contribution in [1.29, 1.82) is 0 Å². The van der Waals surface area contributed by atoms with Crippen molar-refractivity contribution in [1.82, 2.24) is 4.40 Å². The van der Waals surface area contributed by atoms with Gasteiger partial charge in [-0.15, -0.1) is 11.3 Å². The number of thiophene rings is 1. The van der Waals surface area contributed by atoms with Crippen LogP contribution in [0, 0.1) is 0 Å². The Morgan fingerprint density at radius 3 is 1.63 bits per heavy atom. The molecule has 51 heavy (non-hydrogen) atoms. The summed E-state index contributed by atoms with van der Waals surface area (Å²) in [5.41, 5.74) is 12.1. The molecule has 0 spiro atoms. The highest BCUT2D eigenvalue weighted by Gasteiger charge is 2.18. The van der Waals surface area contributed by atoms with Crippen LogP contribution in [0.3, 0.4) is 0 Å². The van der Waals surface area contributed by atoms with Crippen LogP contribution in [0.5, 0.6) is 0 Å². The van der Waals surface area contributed by atoms with Crippen LogP contribution in [0.4, 0.5) is 17.1 Å². The minimum absolute atomic E-state index is 1.12. The Bertz CT molecular complexity index is 3060. The second-order valence-corrected chi connectivity index (χ2v) is 14.4. The first-order valence-electron chi connectivity index (χ1n) is 17.4. The third-order valence-electron chi connectivity index (χ3n) is 10.5. The maximum Gasteiger partial charge on any atom is 0.0620 e. The van der Waals surface area contributed by atoms with Gasteiger partial charge in [-0.3, -0.25) is 0 Å². The van der Waals surface area contributed by atoms with Crippen molar-refractivity contribution in [3.63, 3.8) is 0 Å². The number of anilines is 3. The van der Waals surface area contributed by atoms with Crippen molar-refractivity contribution >= 4 is 86.7 Å². The molecule has 0 unspecified atom stereocenters. The fourth-order valence-corrected chi connectivity index (χ4v) is 9.29. The van der Waals surface area contributed by atoms with Gasteiger partial charge in [0.25, 0.3) is 0 Å². The van der Waals surface area contributed by atoms with E-state index in [0.29, 0.717) is 0 Å². The van der Waals surface area contributed by atoms with E-state index >= 15 is 0 Å². The molecule has 0 aliphatic rings. The maximum absolute atomic E-state index is 2.46. The van der Waals surface area contributed by atoms with E-state index in [-0.39, 0.29) is 0 Å². The molecular weight excluding hydrogens is 637 g/mol. The third-order valence-corrected chi connectivity index (χ3v) is 11.7. The Morgan fingerprint density at radius 1 is 0.333 bits per heavy atom. The fraction of sp³-hybridized carbons (Fsp3) is 0. The standard InChI is InChI=1S/C48H30N2S/c1-2-9-31(10-3-1)32-17-22-35(23-18-32)49(37-26-28-41-40-12-5-7-16-46(40)51-47(41)30-37)36-24-19-33(20-25-36)34-21-27-39-43-14-8-13-42-38-11-4-6-15-44(38)50(48(42)43)45(39)29-34/h1-30H. The Kier molecular flexibility index (Phi) is 6.16. The number of hydrogen-bond acceptors (Lipinski definition) is 2. The van der Waals surface area contributed by atoms with Crippen LogP contribution in [0.2, 0.25) is 0 Å². The topological polar surface area (TPSA) is 7.65 Å².